The number of aryl methyl sites for hydroxylation is 2. The van der Waals surface area contributed by atoms with Crippen LogP contribution in [-0.2, 0) is 9.59 Å². The maximum absolute atomic E-state index is 12.8. The van der Waals surface area contributed by atoms with Gasteiger partial charge in [-0.15, -0.1) is 34.8 Å². The molecule has 1 fully saturated rings. The Morgan fingerprint density at radius 3 is 2.49 bits per heavy atom. The lowest BCUT2D eigenvalue weighted by Gasteiger charge is -2.37. The van der Waals surface area contributed by atoms with Crippen molar-refractivity contribution < 1.29 is 19.1 Å². The van der Waals surface area contributed by atoms with Gasteiger partial charge in [-0.05, 0) is 56.5 Å². The Balaban J connectivity index is 1.35. The van der Waals surface area contributed by atoms with Gasteiger partial charge in [-0.2, -0.15) is 5.10 Å². The second-order valence-electron chi connectivity index (χ2n) is 9.19. The molecule has 1 aliphatic carbocycles. The first kappa shape index (κ1) is 27.2. The van der Waals surface area contributed by atoms with Crippen LogP contribution in [0.3, 0.4) is 0 Å². The summed E-state index contributed by atoms with van der Waals surface area (Å²) < 4.78 is 5.61. The summed E-state index contributed by atoms with van der Waals surface area (Å²) in [5, 5.41) is 9.90. The zero-order valence-electron chi connectivity index (χ0n) is 20.3. The molecule has 4 rings (SSSR count). The number of benzene rings is 2. The maximum Gasteiger partial charge on any atom is 0.262 e. The second-order valence-corrected chi connectivity index (χ2v) is 10.9. The summed E-state index contributed by atoms with van der Waals surface area (Å²) in [5.41, 5.74) is 2.76. The molecule has 1 saturated carbocycles. The number of alkyl halides is 3. The molecule has 11 heteroatoms. The number of hydrazone groups is 1. The molecule has 2 atom stereocenters. The fourth-order valence-electron chi connectivity index (χ4n) is 4.39. The van der Waals surface area contributed by atoms with E-state index < -0.39 is 22.7 Å². The highest BCUT2D eigenvalue weighted by atomic mass is 35.5. The van der Waals surface area contributed by atoms with Gasteiger partial charge < -0.3 is 15.4 Å². The lowest BCUT2D eigenvalue weighted by molar-refractivity contribution is -0.131. The molecule has 2 aromatic rings. The Kier molecular flexibility index (Phi) is 8.62. The molecular weight excluding hydrogens is 539 g/mol. The summed E-state index contributed by atoms with van der Waals surface area (Å²) in [4.78, 5) is 37.8. The molecule has 37 heavy (non-hydrogen) atoms. The minimum absolute atomic E-state index is 0.0774. The number of nitrogens with one attached hydrogen (secondary N) is 2. The third-order valence-electron chi connectivity index (χ3n) is 6.14. The minimum atomic E-state index is -0.510. The zero-order valence-corrected chi connectivity index (χ0v) is 22.6. The standard InChI is InChI=1S/C26H27Cl3N4O4/c1-14-6-7-21(15(2)8-14)37-13-23(34)30-18-5-3-4-16(9-18)26(36)31-22-12-24(35)33(32-22)25-19(28)10-17(27)11-20(25)29/h3-9,17,19-20,25H,10-13H2,1-2H3,(H,30,34)(H,31,32,36). The Bertz CT molecular complexity index is 1230. The van der Waals surface area contributed by atoms with E-state index in [2.05, 4.69) is 15.7 Å². The van der Waals surface area contributed by atoms with Crippen LogP contribution in [0.4, 0.5) is 5.69 Å². The van der Waals surface area contributed by atoms with Gasteiger partial charge in [-0.25, -0.2) is 5.01 Å². The molecule has 1 aliphatic heterocycles. The molecule has 2 aliphatic rings. The first-order chi connectivity index (χ1) is 17.6. The largest absolute Gasteiger partial charge is 0.483 e. The van der Waals surface area contributed by atoms with Crippen LogP contribution in [0.2, 0.25) is 0 Å². The van der Waals surface area contributed by atoms with Crippen LogP contribution in [0.15, 0.2) is 47.6 Å². The maximum atomic E-state index is 12.8. The Morgan fingerprint density at radius 2 is 1.78 bits per heavy atom. The molecular formula is C26H27Cl3N4O4. The van der Waals surface area contributed by atoms with Crippen molar-refractivity contribution in [1.29, 1.82) is 0 Å². The van der Waals surface area contributed by atoms with E-state index >= 15 is 0 Å². The highest BCUT2D eigenvalue weighted by Gasteiger charge is 2.43. The van der Waals surface area contributed by atoms with E-state index in [1.54, 1.807) is 18.2 Å². The number of amidine groups is 1. The van der Waals surface area contributed by atoms with Crippen molar-refractivity contribution in [1.82, 2.24) is 10.3 Å². The van der Waals surface area contributed by atoms with Gasteiger partial charge in [-0.1, -0.05) is 23.8 Å². The molecule has 3 amide bonds. The molecule has 0 saturated heterocycles. The highest BCUT2D eigenvalue weighted by Crippen LogP contribution is 2.35. The van der Waals surface area contributed by atoms with Crippen molar-refractivity contribution in [3.05, 3.63) is 59.2 Å². The predicted octanol–water partition coefficient (Wildman–Crippen LogP) is 4.58. The molecule has 2 N–H and O–H groups in total. The number of halogens is 3. The van der Waals surface area contributed by atoms with Crippen LogP contribution in [-0.4, -0.2) is 57.3 Å². The molecule has 8 nitrogen and oxygen atoms in total. The zero-order chi connectivity index (χ0) is 26.7. The van der Waals surface area contributed by atoms with Crippen molar-refractivity contribution >= 4 is 64.0 Å². The number of hydrogen-bond acceptors (Lipinski definition) is 5. The summed E-state index contributed by atoms with van der Waals surface area (Å²) in [7, 11) is 0. The smallest absolute Gasteiger partial charge is 0.262 e. The number of hydrogen-bond donors (Lipinski definition) is 2. The average molecular weight is 566 g/mol. The van der Waals surface area contributed by atoms with Gasteiger partial charge >= 0.3 is 0 Å². The van der Waals surface area contributed by atoms with Gasteiger partial charge in [0.1, 0.15) is 11.6 Å². The molecule has 2 unspecified atom stereocenters. The molecule has 1 heterocycles. The number of anilines is 1. The monoisotopic (exact) mass is 564 g/mol. The van der Waals surface area contributed by atoms with Gasteiger partial charge in [0.05, 0.1) is 23.2 Å². The van der Waals surface area contributed by atoms with E-state index in [0.29, 0.717) is 24.3 Å². The Morgan fingerprint density at radius 1 is 1.05 bits per heavy atom. The molecule has 0 bridgehead atoms. The van der Waals surface area contributed by atoms with Crippen LogP contribution in [0.1, 0.15) is 40.7 Å². The first-order valence-electron chi connectivity index (χ1n) is 11.8. The number of rotatable bonds is 6. The van der Waals surface area contributed by atoms with E-state index in [9.17, 15) is 14.4 Å². The molecule has 0 radical (unpaired) electrons. The number of carbonyl (C=O) groups excluding carboxylic acids is 3. The van der Waals surface area contributed by atoms with Gasteiger partial charge in [0, 0.05) is 16.6 Å². The van der Waals surface area contributed by atoms with Crippen LogP contribution < -0.4 is 15.4 Å². The van der Waals surface area contributed by atoms with Crippen molar-refractivity contribution in [2.45, 2.75) is 55.3 Å². The van der Waals surface area contributed by atoms with Gasteiger partial charge in [0.15, 0.2) is 6.61 Å². The Hall–Kier alpha value is -2.81. The van der Waals surface area contributed by atoms with E-state index in [0.717, 1.165) is 11.1 Å². The topological polar surface area (TPSA) is 100 Å². The predicted molar refractivity (Wildman–Crippen MR) is 145 cm³/mol. The molecule has 196 valence electrons. The second kappa shape index (κ2) is 11.7. The van der Waals surface area contributed by atoms with Crippen molar-refractivity contribution in [2.24, 2.45) is 5.10 Å². The third-order valence-corrected chi connectivity index (χ3v) is 7.37. The molecule has 0 spiro atoms. The SMILES string of the molecule is Cc1ccc(OCC(=O)Nc2cccc(C(=O)NC3=NN(C4C(Cl)CC(Cl)CC4Cl)C(=O)C3)c2)c(C)c1. The van der Waals surface area contributed by atoms with Crippen LogP contribution in [0, 0.1) is 13.8 Å². The van der Waals surface area contributed by atoms with E-state index in [1.807, 2.05) is 32.0 Å². The summed E-state index contributed by atoms with van der Waals surface area (Å²) in [6, 6.07) is 11.6. The van der Waals surface area contributed by atoms with Gasteiger partial charge in [-0.3, -0.25) is 14.4 Å². The summed E-state index contributed by atoms with van der Waals surface area (Å²) in [5.74, 6) is -0.296. The van der Waals surface area contributed by atoms with Crippen LogP contribution >= 0.6 is 34.8 Å². The summed E-state index contributed by atoms with van der Waals surface area (Å²) in [6.45, 7) is 3.72. The van der Waals surface area contributed by atoms with E-state index in [-0.39, 0.29) is 41.6 Å². The van der Waals surface area contributed by atoms with Crippen molar-refractivity contribution in [3.8, 4) is 5.75 Å². The minimum Gasteiger partial charge on any atom is -0.483 e. The quantitative estimate of drug-likeness (QED) is 0.501. The van der Waals surface area contributed by atoms with Crippen molar-refractivity contribution in [3.63, 3.8) is 0 Å². The average Bonchev–Trinajstić information content (AvgIpc) is 3.17. The van der Waals surface area contributed by atoms with Gasteiger partial charge in [0.2, 0.25) is 0 Å². The normalized spacial score (nSPS) is 23.4. The number of ether oxygens (including phenoxy) is 1. The summed E-state index contributed by atoms with van der Waals surface area (Å²) in [6.07, 6.45) is 0.935. The molecule has 0 aromatic heterocycles. The fourth-order valence-corrected chi connectivity index (χ4v) is 6.02. The number of carbonyl (C=O) groups is 3. The Labute approximate surface area is 230 Å². The number of amides is 3. The highest BCUT2D eigenvalue weighted by molar-refractivity contribution is 6.28. The van der Waals surface area contributed by atoms with Gasteiger partial charge in [0.25, 0.3) is 17.7 Å². The fraction of sp³-hybridized carbons (Fsp3) is 0.385. The van der Waals surface area contributed by atoms with E-state index in [1.165, 1.54) is 11.1 Å². The number of nitrogens with zero attached hydrogens (tertiary/aromatic N) is 2. The lowest BCUT2D eigenvalue weighted by Crippen LogP contribution is -2.50. The third kappa shape index (κ3) is 6.74. The summed E-state index contributed by atoms with van der Waals surface area (Å²) >= 11 is 19.1. The molecule has 2 aromatic carbocycles. The van der Waals surface area contributed by atoms with E-state index in [4.69, 9.17) is 39.5 Å². The first-order valence-corrected chi connectivity index (χ1v) is 13.1. The van der Waals surface area contributed by atoms with Crippen molar-refractivity contribution in [2.75, 3.05) is 11.9 Å². The van der Waals surface area contributed by atoms with Crippen LogP contribution in [0.25, 0.3) is 0 Å². The lowest BCUT2D eigenvalue weighted by atomic mass is 9.93. The van der Waals surface area contributed by atoms with Crippen LogP contribution in [0.5, 0.6) is 5.75 Å².